The topological polar surface area (TPSA) is 145 Å². The molecule has 2 heterocycles. The van der Waals surface area contributed by atoms with Crippen LogP contribution in [0.15, 0.2) is 77.8 Å². The maximum Gasteiger partial charge on any atom is 0.267 e. The molecule has 240 valence electrons. The van der Waals surface area contributed by atoms with Gasteiger partial charge in [-0.1, -0.05) is 44.2 Å². The van der Waals surface area contributed by atoms with Gasteiger partial charge in [-0.05, 0) is 53.9 Å². The van der Waals surface area contributed by atoms with E-state index in [4.69, 9.17) is 15.1 Å². The molecule has 0 spiro atoms. The van der Waals surface area contributed by atoms with E-state index in [-0.39, 0.29) is 18.1 Å². The van der Waals surface area contributed by atoms with Crippen molar-refractivity contribution in [1.82, 2.24) is 15.0 Å². The van der Waals surface area contributed by atoms with E-state index < -0.39 is 48.1 Å². The second-order valence-corrected chi connectivity index (χ2v) is 15.1. The molecule has 0 aliphatic carbocycles. The fraction of sp³-hybridized carbons (Fsp3) is 0.194. The third kappa shape index (κ3) is 7.78. The lowest BCUT2D eigenvalue weighted by molar-refractivity contribution is 0.521. The van der Waals surface area contributed by atoms with Crippen molar-refractivity contribution in [2.45, 2.75) is 37.5 Å². The Morgan fingerprint density at radius 2 is 1.57 bits per heavy atom. The number of aromatic nitrogens is 3. The molecule has 3 N–H and O–H groups in total. The summed E-state index contributed by atoms with van der Waals surface area (Å²) in [4.78, 5) is 13.3. The van der Waals surface area contributed by atoms with Crippen LogP contribution in [0.1, 0.15) is 41.7 Å². The number of nitrogens with zero attached hydrogens (tertiary/aromatic N) is 3. The molecule has 0 saturated carbocycles. The number of nitrogens with two attached hydrogens (primary N) is 1. The van der Waals surface area contributed by atoms with Crippen LogP contribution in [0.5, 0.6) is 0 Å². The summed E-state index contributed by atoms with van der Waals surface area (Å²) in [5.41, 5.74) is 2.41. The van der Waals surface area contributed by atoms with Crippen molar-refractivity contribution in [3.63, 3.8) is 0 Å². The van der Waals surface area contributed by atoms with Gasteiger partial charge in [-0.25, -0.2) is 50.1 Å². The van der Waals surface area contributed by atoms with Crippen LogP contribution in [-0.2, 0) is 32.9 Å². The predicted octanol–water partition coefficient (Wildman–Crippen LogP) is 6.03. The molecule has 5 aromatic rings. The van der Waals surface area contributed by atoms with E-state index in [9.17, 15) is 30.0 Å². The minimum atomic E-state index is -4.83. The van der Waals surface area contributed by atoms with E-state index in [1.54, 1.807) is 12.3 Å². The number of thiazole rings is 1. The summed E-state index contributed by atoms with van der Waals surface area (Å²) in [6.45, 7) is 3.90. The van der Waals surface area contributed by atoms with Crippen LogP contribution in [0.3, 0.4) is 0 Å². The molecule has 2 aromatic heterocycles. The average molecular weight is 688 g/mol. The third-order valence-corrected chi connectivity index (χ3v) is 10.3. The number of hydrogen-bond donors (Lipinski definition) is 2. The quantitative estimate of drug-likeness (QED) is 0.173. The molecule has 3 aromatic carbocycles. The zero-order valence-corrected chi connectivity index (χ0v) is 27.0. The van der Waals surface area contributed by atoms with E-state index in [0.29, 0.717) is 34.1 Å². The Bertz CT molecular complexity index is 2120. The van der Waals surface area contributed by atoms with Gasteiger partial charge < -0.3 is 0 Å². The van der Waals surface area contributed by atoms with Gasteiger partial charge in [0.2, 0.25) is 10.0 Å². The number of hydrogen-bond acceptors (Lipinski definition) is 8. The molecule has 0 unspecified atom stereocenters. The van der Waals surface area contributed by atoms with Crippen molar-refractivity contribution < 1.29 is 30.0 Å². The molecule has 0 amide bonds. The van der Waals surface area contributed by atoms with Gasteiger partial charge in [-0.15, -0.1) is 11.3 Å². The summed E-state index contributed by atoms with van der Waals surface area (Å²) in [6.07, 6.45) is 2.20. The van der Waals surface area contributed by atoms with Crippen molar-refractivity contribution in [3.8, 4) is 21.8 Å². The number of halogens is 3. The number of sulfonamides is 2. The smallest absolute Gasteiger partial charge is 0.267 e. The molecule has 0 atom stereocenters. The van der Waals surface area contributed by atoms with Crippen molar-refractivity contribution in [3.05, 3.63) is 112 Å². The standard InChI is InChI=1S/C31H28F3N5O4S3/c1-18(2)31-38-28(21-9-10-22(32)26(17-21)39-46(42,43)30-23(33)7-4-8-24(30)34)29(44-31)25-11-13-36-27(37-25)16-20-6-3-5-19(15-20)12-14-45(35,40)41/h3-11,13,15,17-18,39H,12,14,16H2,1-2H3,(H2,35,40,41). The first-order valence-corrected chi connectivity index (χ1v) is 17.9. The highest BCUT2D eigenvalue weighted by Gasteiger charge is 2.26. The third-order valence-electron chi connectivity index (χ3n) is 6.78. The summed E-state index contributed by atoms with van der Waals surface area (Å²) in [5, 5.41) is 5.88. The molecule has 0 radical (unpaired) electrons. The van der Waals surface area contributed by atoms with Gasteiger partial charge in [-0.3, -0.25) is 4.72 Å². The molecule has 0 aliphatic heterocycles. The lowest BCUT2D eigenvalue weighted by atomic mass is 10.1. The summed E-state index contributed by atoms with van der Waals surface area (Å²) in [7, 11) is -8.44. The van der Waals surface area contributed by atoms with Crippen LogP contribution in [0, 0.1) is 17.5 Å². The largest absolute Gasteiger partial charge is 0.276 e. The molecule has 0 bridgehead atoms. The Morgan fingerprint density at radius 3 is 2.26 bits per heavy atom. The summed E-state index contributed by atoms with van der Waals surface area (Å²) >= 11 is 1.36. The van der Waals surface area contributed by atoms with Gasteiger partial charge in [0.1, 0.15) is 23.3 Å². The van der Waals surface area contributed by atoms with Crippen molar-refractivity contribution in [1.29, 1.82) is 0 Å². The Balaban J connectivity index is 1.49. The van der Waals surface area contributed by atoms with E-state index in [1.165, 1.54) is 23.5 Å². The Labute approximate surface area is 268 Å². The molecule has 0 fully saturated rings. The molecular formula is C31H28F3N5O4S3. The fourth-order valence-corrected chi connectivity index (χ4v) is 7.37. The van der Waals surface area contributed by atoms with E-state index >= 15 is 0 Å². The Kier molecular flexibility index (Phi) is 9.58. The molecule has 0 aliphatic rings. The van der Waals surface area contributed by atoms with E-state index in [2.05, 4.69) is 4.98 Å². The van der Waals surface area contributed by atoms with Crippen LogP contribution in [0.2, 0.25) is 0 Å². The number of primary sulfonamides is 1. The van der Waals surface area contributed by atoms with Crippen LogP contribution in [0.25, 0.3) is 21.8 Å². The minimum Gasteiger partial charge on any atom is -0.276 e. The number of nitrogens with one attached hydrogen (secondary N) is 1. The first kappa shape index (κ1) is 33.2. The van der Waals surface area contributed by atoms with Crippen LogP contribution in [-0.4, -0.2) is 37.5 Å². The van der Waals surface area contributed by atoms with Crippen molar-refractivity contribution in [2.75, 3.05) is 10.5 Å². The highest BCUT2D eigenvalue weighted by atomic mass is 32.2. The van der Waals surface area contributed by atoms with E-state index in [1.807, 2.05) is 42.8 Å². The maximum atomic E-state index is 14.9. The highest BCUT2D eigenvalue weighted by Crippen LogP contribution is 2.39. The first-order chi connectivity index (χ1) is 21.7. The SMILES string of the molecule is CC(C)c1nc(-c2ccc(F)c(NS(=O)(=O)c3c(F)cccc3F)c2)c(-c2ccnc(Cc3cccc(CCS(N)(=O)=O)c3)n2)s1. The van der Waals surface area contributed by atoms with Crippen LogP contribution < -0.4 is 9.86 Å². The number of anilines is 1. The lowest BCUT2D eigenvalue weighted by Gasteiger charge is -2.12. The second-order valence-electron chi connectivity index (χ2n) is 10.7. The second kappa shape index (κ2) is 13.3. The first-order valence-electron chi connectivity index (χ1n) is 13.9. The fourth-order valence-electron chi connectivity index (χ4n) is 4.59. The Morgan fingerprint density at radius 1 is 0.870 bits per heavy atom. The summed E-state index contributed by atoms with van der Waals surface area (Å²) in [6, 6.07) is 15.3. The Hall–Kier alpha value is -4.18. The highest BCUT2D eigenvalue weighted by molar-refractivity contribution is 7.92. The average Bonchev–Trinajstić information content (AvgIpc) is 3.43. The van der Waals surface area contributed by atoms with Gasteiger partial charge in [0, 0.05) is 24.1 Å². The molecule has 46 heavy (non-hydrogen) atoms. The number of rotatable bonds is 11. The normalized spacial score (nSPS) is 12.1. The summed E-state index contributed by atoms with van der Waals surface area (Å²) in [5.74, 6) is -3.28. The van der Waals surface area contributed by atoms with Gasteiger partial charge >= 0.3 is 0 Å². The monoisotopic (exact) mass is 687 g/mol. The van der Waals surface area contributed by atoms with Crippen LogP contribution >= 0.6 is 11.3 Å². The molecule has 15 heteroatoms. The van der Waals surface area contributed by atoms with Crippen molar-refractivity contribution in [2.24, 2.45) is 5.14 Å². The summed E-state index contributed by atoms with van der Waals surface area (Å²) < 4.78 is 94.0. The molecule has 9 nitrogen and oxygen atoms in total. The zero-order chi connectivity index (χ0) is 33.2. The predicted molar refractivity (Wildman–Crippen MR) is 171 cm³/mol. The van der Waals surface area contributed by atoms with Gasteiger partial charge in [0.05, 0.1) is 32.7 Å². The molecular weight excluding hydrogens is 660 g/mol. The van der Waals surface area contributed by atoms with E-state index in [0.717, 1.165) is 40.4 Å². The number of benzene rings is 3. The van der Waals surface area contributed by atoms with Crippen molar-refractivity contribution >= 4 is 37.1 Å². The lowest BCUT2D eigenvalue weighted by Crippen LogP contribution is -2.18. The van der Waals surface area contributed by atoms with Crippen LogP contribution in [0.4, 0.5) is 18.9 Å². The molecule has 5 rings (SSSR count). The maximum absolute atomic E-state index is 14.9. The number of aryl methyl sites for hydroxylation is 1. The van der Waals surface area contributed by atoms with Gasteiger partial charge in [0.15, 0.2) is 4.90 Å². The van der Waals surface area contributed by atoms with Gasteiger partial charge in [-0.2, -0.15) is 0 Å². The minimum absolute atomic E-state index is 0.0151. The van der Waals surface area contributed by atoms with Gasteiger partial charge in [0.25, 0.3) is 10.0 Å². The zero-order valence-electron chi connectivity index (χ0n) is 24.5. The molecule has 0 saturated heterocycles.